The van der Waals surface area contributed by atoms with E-state index < -0.39 is 0 Å². The quantitative estimate of drug-likeness (QED) is 0.296. The van der Waals surface area contributed by atoms with Gasteiger partial charge in [-0.2, -0.15) is 0 Å². The first-order valence-corrected chi connectivity index (χ1v) is 18.2. The summed E-state index contributed by atoms with van der Waals surface area (Å²) in [6.07, 6.45) is 20.5. The van der Waals surface area contributed by atoms with Crippen LogP contribution in [0.2, 0.25) is 0 Å². The second-order valence-corrected chi connectivity index (χ2v) is 13.8. The molecule has 248 valence electrons. The zero-order valence-electron chi connectivity index (χ0n) is 28.4. The lowest BCUT2D eigenvalue weighted by atomic mass is 9.86. The van der Waals surface area contributed by atoms with E-state index in [-0.39, 0.29) is 30.2 Å². The van der Waals surface area contributed by atoms with Gasteiger partial charge in [0.1, 0.15) is 5.69 Å². The molecule has 1 aliphatic heterocycles. The van der Waals surface area contributed by atoms with Crippen molar-refractivity contribution in [2.24, 2.45) is 0 Å². The fourth-order valence-corrected chi connectivity index (χ4v) is 7.36. The van der Waals surface area contributed by atoms with Gasteiger partial charge in [-0.05, 0) is 37.8 Å². The van der Waals surface area contributed by atoms with E-state index >= 15 is 0 Å². The van der Waals surface area contributed by atoms with Crippen molar-refractivity contribution in [3.05, 3.63) is 54.1 Å². The Morgan fingerprint density at radius 2 is 1.33 bits per heavy atom. The van der Waals surface area contributed by atoms with Crippen LogP contribution < -0.4 is 10.2 Å². The number of hydrogen-bond acceptors (Lipinski definition) is 4. The Labute approximate surface area is 276 Å². The van der Waals surface area contributed by atoms with E-state index in [4.69, 9.17) is 10.3 Å². The summed E-state index contributed by atoms with van der Waals surface area (Å²) in [6.45, 7) is 5.49. The van der Waals surface area contributed by atoms with Gasteiger partial charge < -0.3 is 10.2 Å². The van der Waals surface area contributed by atoms with Crippen molar-refractivity contribution in [2.75, 3.05) is 11.4 Å². The molecule has 0 saturated heterocycles. The molecule has 0 unspecified atom stereocenters. The fraction of sp³-hybridized carbons (Fsp3) is 0.590. The average molecular weight is 626 g/mol. The van der Waals surface area contributed by atoms with Crippen LogP contribution in [-0.2, 0) is 21.7 Å². The van der Waals surface area contributed by atoms with Crippen LogP contribution >= 0.6 is 0 Å². The molecule has 46 heavy (non-hydrogen) atoms. The first kappa shape index (κ1) is 33.9. The number of benzene rings is 2. The molecule has 0 atom stereocenters. The maximum atomic E-state index is 13.8. The Morgan fingerprint density at radius 3 is 1.96 bits per heavy atom. The molecule has 5 rings (SSSR count). The van der Waals surface area contributed by atoms with Crippen molar-refractivity contribution < 1.29 is 9.59 Å². The minimum absolute atomic E-state index is 0.0609. The highest BCUT2D eigenvalue weighted by atomic mass is 16.2. The number of rotatable bonds is 6. The van der Waals surface area contributed by atoms with Gasteiger partial charge in [0.25, 0.3) is 0 Å². The monoisotopic (exact) mass is 625 g/mol. The number of fused-ring (bicyclic) bond motifs is 5. The van der Waals surface area contributed by atoms with Crippen molar-refractivity contribution >= 4 is 17.5 Å². The topological polar surface area (TPSA) is 80.1 Å². The van der Waals surface area contributed by atoms with Gasteiger partial charge in [-0.25, -0.2) is 4.68 Å². The van der Waals surface area contributed by atoms with Gasteiger partial charge in [-0.3, -0.25) is 9.59 Å². The van der Waals surface area contributed by atoms with Crippen molar-refractivity contribution in [1.29, 1.82) is 0 Å². The first-order valence-electron chi connectivity index (χ1n) is 18.2. The molecule has 1 aromatic heterocycles. The highest BCUT2D eigenvalue weighted by Crippen LogP contribution is 2.44. The van der Waals surface area contributed by atoms with E-state index in [0.29, 0.717) is 13.1 Å². The van der Waals surface area contributed by atoms with Crippen LogP contribution in [0.3, 0.4) is 0 Å². The summed E-state index contributed by atoms with van der Waals surface area (Å²) in [5.41, 5.74) is 5.64. The number of carbonyl (C=O) groups is 2. The molecule has 3 aromatic rings. The van der Waals surface area contributed by atoms with Gasteiger partial charge in [-0.15, -0.1) is 5.10 Å². The van der Waals surface area contributed by atoms with Crippen molar-refractivity contribution in [1.82, 2.24) is 20.3 Å². The summed E-state index contributed by atoms with van der Waals surface area (Å²) in [5, 5.41) is 12.8. The van der Waals surface area contributed by atoms with Crippen LogP contribution in [0.4, 0.5) is 5.69 Å². The number of para-hydroxylation sites is 1. The van der Waals surface area contributed by atoms with Crippen LogP contribution in [0, 0.1) is 0 Å². The highest BCUT2D eigenvalue weighted by Gasteiger charge is 2.35. The summed E-state index contributed by atoms with van der Waals surface area (Å²) < 4.78 is 2.26. The second kappa shape index (κ2) is 16.9. The predicted molar refractivity (Wildman–Crippen MR) is 188 cm³/mol. The Hall–Kier alpha value is -3.48. The molecular formula is C39H55N5O2. The first-order chi connectivity index (χ1) is 22.5. The third-order valence-corrected chi connectivity index (χ3v) is 10.1. The molecule has 2 aliphatic rings. The largest absolute Gasteiger partial charge is 0.356 e. The summed E-state index contributed by atoms with van der Waals surface area (Å²) >= 11 is 0. The number of carbonyl (C=O) groups excluding carboxylic acids is 2. The van der Waals surface area contributed by atoms with Crippen molar-refractivity contribution in [3.8, 4) is 22.5 Å². The predicted octanol–water partition coefficient (Wildman–Crippen LogP) is 9.35. The smallest absolute Gasteiger partial charge is 0.227 e. The number of aromatic nitrogens is 3. The SMILES string of the molecule is CCCNC(=O)CCC(=O)N1Cc2ccccc2-c2c(nnn2C2(C)CCCCCCCCCCCCCCC2)-c2ccccc21. The van der Waals surface area contributed by atoms with Crippen molar-refractivity contribution in [2.45, 2.75) is 142 Å². The summed E-state index contributed by atoms with van der Waals surface area (Å²) in [5.74, 6) is -0.141. The lowest BCUT2D eigenvalue weighted by Crippen LogP contribution is -2.34. The third-order valence-electron chi connectivity index (χ3n) is 10.1. The lowest BCUT2D eigenvalue weighted by Gasteiger charge is -2.34. The zero-order valence-corrected chi connectivity index (χ0v) is 28.4. The van der Waals surface area contributed by atoms with E-state index in [9.17, 15) is 9.59 Å². The molecule has 2 amide bonds. The highest BCUT2D eigenvalue weighted by molar-refractivity contribution is 6.01. The maximum Gasteiger partial charge on any atom is 0.227 e. The summed E-state index contributed by atoms with van der Waals surface area (Å²) in [7, 11) is 0. The summed E-state index contributed by atoms with van der Waals surface area (Å²) in [4.78, 5) is 28.0. The molecule has 1 saturated carbocycles. The number of anilines is 1. The van der Waals surface area contributed by atoms with Gasteiger partial charge in [0.2, 0.25) is 11.8 Å². The molecule has 2 heterocycles. The number of hydrogen-bond donors (Lipinski definition) is 1. The zero-order chi connectivity index (χ0) is 32.2. The van der Waals surface area contributed by atoms with Gasteiger partial charge in [0.15, 0.2) is 0 Å². The molecule has 0 radical (unpaired) electrons. The Bertz CT molecular complexity index is 1410. The molecule has 0 spiro atoms. The van der Waals surface area contributed by atoms with Crippen LogP contribution in [0.5, 0.6) is 0 Å². The molecule has 7 nitrogen and oxygen atoms in total. The number of amides is 2. The van der Waals surface area contributed by atoms with Crippen molar-refractivity contribution in [3.63, 3.8) is 0 Å². The van der Waals surface area contributed by atoms with Crippen LogP contribution in [0.25, 0.3) is 22.5 Å². The van der Waals surface area contributed by atoms with E-state index in [1.54, 1.807) is 0 Å². The third kappa shape index (κ3) is 8.45. The van der Waals surface area contributed by atoms with Crippen LogP contribution in [0.15, 0.2) is 48.5 Å². The number of nitrogens with one attached hydrogen (secondary N) is 1. The summed E-state index contributed by atoms with van der Waals surface area (Å²) in [6, 6.07) is 16.5. The standard InChI is InChI=1S/C39H55N5O2/c1-3-29-40-35(45)25-26-36(46)43-30-31-21-15-16-22-32(31)38-37(33-23-17-18-24-34(33)43)41-42-44(38)39(2)27-19-13-11-9-7-5-4-6-8-10-12-14-20-28-39/h15-18,21-24H,3-14,19-20,25-30H2,1-2H3,(H,40,45). The molecule has 1 aliphatic carbocycles. The van der Waals surface area contributed by atoms with Gasteiger partial charge in [0, 0.05) is 30.5 Å². The normalized spacial score (nSPS) is 17.9. The minimum Gasteiger partial charge on any atom is -0.356 e. The Morgan fingerprint density at radius 1 is 0.761 bits per heavy atom. The molecule has 1 fully saturated rings. The maximum absolute atomic E-state index is 13.8. The lowest BCUT2D eigenvalue weighted by molar-refractivity contribution is -0.125. The van der Waals surface area contributed by atoms with Crippen LogP contribution in [0.1, 0.15) is 135 Å². The van der Waals surface area contributed by atoms with E-state index in [1.807, 2.05) is 30.0 Å². The fourth-order valence-electron chi connectivity index (χ4n) is 7.36. The average Bonchev–Trinajstić information content (AvgIpc) is 3.51. The van der Waals surface area contributed by atoms with E-state index in [0.717, 1.165) is 53.0 Å². The van der Waals surface area contributed by atoms with Gasteiger partial charge in [0.05, 0.1) is 23.5 Å². The van der Waals surface area contributed by atoms with Crippen LogP contribution in [-0.4, -0.2) is 33.4 Å². The molecule has 7 heteroatoms. The Kier molecular flexibility index (Phi) is 12.4. The molecule has 1 N–H and O–H groups in total. The van der Waals surface area contributed by atoms with Gasteiger partial charge >= 0.3 is 0 Å². The van der Waals surface area contributed by atoms with E-state index in [1.165, 1.54) is 83.5 Å². The molecular weight excluding hydrogens is 570 g/mol. The Balaban J connectivity index is 1.50. The van der Waals surface area contributed by atoms with E-state index in [2.05, 4.69) is 47.3 Å². The molecule has 2 aromatic carbocycles. The minimum atomic E-state index is -0.153. The molecule has 0 bridgehead atoms. The second-order valence-electron chi connectivity index (χ2n) is 13.8. The van der Waals surface area contributed by atoms with Gasteiger partial charge in [-0.1, -0.05) is 138 Å². The number of nitrogens with zero attached hydrogens (tertiary/aromatic N) is 4.